The Balaban J connectivity index is 3.13. The van der Waals surface area contributed by atoms with Gasteiger partial charge in [0.25, 0.3) is 0 Å². The molecule has 0 fully saturated rings. The lowest BCUT2D eigenvalue weighted by molar-refractivity contribution is 0.0601. The van der Waals surface area contributed by atoms with Crippen molar-refractivity contribution in [1.82, 2.24) is 0 Å². The maximum atomic E-state index is 11.1. The normalized spacial score (nSPS) is 9.50. The van der Waals surface area contributed by atoms with Gasteiger partial charge in [-0.3, -0.25) is 0 Å². The molecule has 1 rings (SSSR count). The first-order valence-electron chi connectivity index (χ1n) is 4.27. The van der Waals surface area contributed by atoms with Crippen molar-refractivity contribution in [3.63, 3.8) is 0 Å². The number of esters is 1. The van der Waals surface area contributed by atoms with Crippen molar-refractivity contribution >= 4 is 19.5 Å². The Labute approximate surface area is 82.6 Å². The minimum Gasteiger partial charge on any atom is -0.465 e. The van der Waals surface area contributed by atoms with E-state index >= 15 is 0 Å². The number of hydrogen-bond acceptors (Lipinski definition) is 4. The van der Waals surface area contributed by atoms with Crippen LogP contribution in [0, 0.1) is 4.91 Å². The van der Waals surface area contributed by atoms with Crippen LogP contribution in [-0.4, -0.2) is 20.9 Å². The first-order valence-corrected chi connectivity index (χ1v) is 4.27. The van der Waals surface area contributed by atoms with Crippen LogP contribution in [0.4, 0.5) is 5.69 Å². The van der Waals surface area contributed by atoms with Gasteiger partial charge in [-0.05, 0) is 22.9 Å². The Morgan fingerprint density at radius 2 is 2.29 bits per heavy atom. The van der Waals surface area contributed by atoms with Gasteiger partial charge in [-0.2, -0.15) is 0 Å². The molecule has 1 aromatic carbocycles. The van der Waals surface area contributed by atoms with E-state index in [4.69, 9.17) is 0 Å². The molecular weight excluding hydrogens is 181 g/mol. The predicted molar refractivity (Wildman–Crippen MR) is 55.5 cm³/mol. The van der Waals surface area contributed by atoms with Crippen molar-refractivity contribution in [2.24, 2.45) is 5.18 Å². The van der Waals surface area contributed by atoms with Crippen LogP contribution in [0.2, 0.25) is 0 Å². The van der Waals surface area contributed by atoms with Gasteiger partial charge < -0.3 is 4.74 Å². The number of hydrogen-bond donors (Lipinski definition) is 0. The minimum absolute atomic E-state index is 0.301. The average Bonchev–Trinajstić information content (AvgIpc) is 2.26. The highest BCUT2D eigenvalue weighted by Crippen LogP contribution is 2.21. The van der Waals surface area contributed by atoms with Crippen LogP contribution in [0.5, 0.6) is 0 Å². The maximum Gasteiger partial charge on any atom is 0.337 e. The highest BCUT2D eigenvalue weighted by Gasteiger charge is 2.08. The molecule has 0 unspecified atom stereocenters. The summed E-state index contributed by atoms with van der Waals surface area (Å²) < 4.78 is 4.53. The SMILES string of the molecule is BCc1ccc(C(=O)OC)cc1N=O. The molecule has 0 N–H and O–H groups in total. The van der Waals surface area contributed by atoms with Crippen LogP contribution in [-0.2, 0) is 11.1 Å². The molecule has 0 amide bonds. The summed E-state index contributed by atoms with van der Waals surface area (Å²) in [6.07, 6.45) is 0.711. The van der Waals surface area contributed by atoms with E-state index in [1.165, 1.54) is 13.2 Å². The van der Waals surface area contributed by atoms with Gasteiger partial charge >= 0.3 is 5.97 Å². The third-order valence-electron chi connectivity index (χ3n) is 1.99. The molecule has 5 heteroatoms. The van der Waals surface area contributed by atoms with Gasteiger partial charge in [-0.15, -0.1) is 4.91 Å². The van der Waals surface area contributed by atoms with E-state index in [2.05, 4.69) is 9.91 Å². The number of carbonyl (C=O) groups excluding carboxylic acids is 1. The molecule has 0 aliphatic carbocycles. The van der Waals surface area contributed by atoms with Crippen molar-refractivity contribution in [2.75, 3.05) is 7.11 Å². The molecule has 4 nitrogen and oxygen atoms in total. The number of rotatable bonds is 3. The molecule has 0 heterocycles. The van der Waals surface area contributed by atoms with Gasteiger partial charge in [0.15, 0.2) is 0 Å². The molecule has 0 aromatic heterocycles. The summed E-state index contributed by atoms with van der Waals surface area (Å²) in [4.78, 5) is 21.6. The smallest absolute Gasteiger partial charge is 0.337 e. The first kappa shape index (κ1) is 10.4. The summed E-state index contributed by atoms with van der Waals surface area (Å²) in [5.41, 5.74) is 1.47. The summed E-state index contributed by atoms with van der Waals surface area (Å²) in [5, 5.41) is 2.86. The van der Waals surface area contributed by atoms with E-state index in [-0.39, 0.29) is 0 Å². The highest BCUT2D eigenvalue weighted by atomic mass is 16.5. The maximum absolute atomic E-state index is 11.1. The molecule has 0 aliphatic heterocycles. The molecule has 0 radical (unpaired) electrons. The number of carbonyl (C=O) groups is 1. The number of benzene rings is 1. The molecular formula is C9H10BNO3. The summed E-state index contributed by atoms with van der Waals surface area (Å²) in [6, 6.07) is 4.78. The zero-order chi connectivity index (χ0) is 10.6. The van der Waals surface area contributed by atoms with Crippen molar-refractivity contribution in [1.29, 1.82) is 0 Å². The van der Waals surface area contributed by atoms with E-state index < -0.39 is 5.97 Å². The zero-order valence-corrected chi connectivity index (χ0v) is 8.11. The molecule has 0 saturated heterocycles. The van der Waals surface area contributed by atoms with Crippen LogP contribution in [0.1, 0.15) is 15.9 Å². The molecule has 0 atom stereocenters. The van der Waals surface area contributed by atoms with E-state index in [0.29, 0.717) is 17.6 Å². The van der Waals surface area contributed by atoms with Gasteiger partial charge in [0.2, 0.25) is 0 Å². The van der Waals surface area contributed by atoms with Crippen LogP contribution in [0.15, 0.2) is 23.4 Å². The fraction of sp³-hybridized carbons (Fsp3) is 0.222. The quantitative estimate of drug-likeness (QED) is 0.406. The number of ether oxygens (including phenoxy) is 1. The second kappa shape index (κ2) is 4.55. The van der Waals surface area contributed by atoms with Crippen LogP contribution in [0.25, 0.3) is 0 Å². The third kappa shape index (κ3) is 1.99. The van der Waals surface area contributed by atoms with Crippen LogP contribution >= 0.6 is 0 Å². The Morgan fingerprint density at radius 3 is 2.79 bits per heavy atom. The third-order valence-corrected chi connectivity index (χ3v) is 1.99. The van der Waals surface area contributed by atoms with Crippen molar-refractivity contribution in [3.05, 3.63) is 34.2 Å². The second-order valence-electron chi connectivity index (χ2n) is 2.78. The lowest BCUT2D eigenvalue weighted by Gasteiger charge is -2.02. The van der Waals surface area contributed by atoms with Crippen LogP contribution in [0.3, 0.4) is 0 Å². The summed E-state index contributed by atoms with van der Waals surface area (Å²) in [5.74, 6) is -0.461. The lowest BCUT2D eigenvalue weighted by Crippen LogP contribution is -2.01. The fourth-order valence-corrected chi connectivity index (χ4v) is 1.19. The number of nitrogens with zero attached hydrogens (tertiary/aromatic N) is 1. The van der Waals surface area contributed by atoms with E-state index in [1.54, 1.807) is 12.1 Å². The molecule has 0 spiro atoms. The van der Waals surface area contributed by atoms with E-state index in [1.807, 2.05) is 7.85 Å². The standard InChI is InChI=1S/C9H10BNO3/c1-14-9(12)6-2-3-7(5-10)8(4-6)11-13/h2-4H,5,10H2,1H3. The molecule has 0 saturated carbocycles. The zero-order valence-electron chi connectivity index (χ0n) is 8.11. The number of methoxy groups -OCH3 is 1. The summed E-state index contributed by atoms with van der Waals surface area (Å²) in [7, 11) is 3.21. The predicted octanol–water partition coefficient (Wildman–Crippen LogP) is 1.00. The van der Waals surface area contributed by atoms with Crippen molar-refractivity contribution in [2.45, 2.75) is 6.32 Å². The fourth-order valence-electron chi connectivity index (χ4n) is 1.19. The largest absolute Gasteiger partial charge is 0.465 e. The summed E-state index contributed by atoms with van der Waals surface area (Å²) >= 11 is 0. The lowest BCUT2D eigenvalue weighted by atomic mass is 9.95. The highest BCUT2D eigenvalue weighted by molar-refractivity contribution is 6.08. The number of nitroso groups, excluding NO2 is 1. The average molecular weight is 191 g/mol. The van der Waals surface area contributed by atoms with E-state index in [0.717, 1.165) is 5.56 Å². The monoisotopic (exact) mass is 191 g/mol. The van der Waals surface area contributed by atoms with Gasteiger partial charge in [-0.25, -0.2) is 4.79 Å². The minimum atomic E-state index is -0.461. The second-order valence-corrected chi connectivity index (χ2v) is 2.78. The summed E-state index contributed by atoms with van der Waals surface area (Å²) in [6.45, 7) is 0. The Bertz CT molecular complexity index is 365. The Morgan fingerprint density at radius 1 is 1.57 bits per heavy atom. The van der Waals surface area contributed by atoms with Crippen LogP contribution < -0.4 is 0 Å². The molecule has 72 valence electrons. The topological polar surface area (TPSA) is 55.7 Å². The van der Waals surface area contributed by atoms with Crippen molar-refractivity contribution in [3.8, 4) is 0 Å². The van der Waals surface area contributed by atoms with Gasteiger partial charge in [0, 0.05) is 0 Å². The molecule has 14 heavy (non-hydrogen) atoms. The first-order chi connectivity index (χ1) is 6.72. The van der Waals surface area contributed by atoms with Gasteiger partial charge in [0.1, 0.15) is 13.5 Å². The Kier molecular flexibility index (Phi) is 3.39. The molecule has 0 aliphatic rings. The van der Waals surface area contributed by atoms with Crippen molar-refractivity contribution < 1.29 is 9.53 Å². The van der Waals surface area contributed by atoms with E-state index in [9.17, 15) is 9.70 Å². The molecule has 1 aromatic rings. The Hall–Kier alpha value is -1.65. The molecule has 0 bridgehead atoms. The van der Waals surface area contributed by atoms with Gasteiger partial charge in [-0.1, -0.05) is 12.4 Å². The van der Waals surface area contributed by atoms with Gasteiger partial charge in [0.05, 0.1) is 12.7 Å².